The van der Waals surface area contributed by atoms with E-state index in [0.29, 0.717) is 16.5 Å². The molecule has 1 amide bonds. The molecule has 146 valence electrons. The van der Waals surface area contributed by atoms with Gasteiger partial charge in [0.1, 0.15) is 5.82 Å². The number of amides is 1. The third-order valence-corrected chi connectivity index (χ3v) is 4.57. The molecule has 1 heterocycles. The summed E-state index contributed by atoms with van der Waals surface area (Å²) in [5, 5.41) is 2.60. The maximum Gasteiger partial charge on any atom is 0.412 e. The van der Waals surface area contributed by atoms with Crippen LogP contribution in [-0.4, -0.2) is 28.3 Å². The number of rotatable bonds is 6. The summed E-state index contributed by atoms with van der Waals surface area (Å²) in [4.78, 5) is 20.7. The molecule has 0 fully saturated rings. The van der Waals surface area contributed by atoms with Gasteiger partial charge in [-0.15, -0.1) is 0 Å². The van der Waals surface area contributed by atoms with E-state index in [9.17, 15) is 22.4 Å². The van der Waals surface area contributed by atoms with Crippen LogP contribution in [0.15, 0.2) is 29.4 Å². The highest BCUT2D eigenvalue weighted by molar-refractivity contribution is 7.98. The first kappa shape index (κ1) is 21.1. The van der Waals surface area contributed by atoms with Crippen molar-refractivity contribution >= 4 is 17.7 Å². The van der Waals surface area contributed by atoms with Gasteiger partial charge in [-0.25, -0.2) is 14.4 Å². The van der Waals surface area contributed by atoms with E-state index >= 15 is 0 Å². The predicted molar refractivity (Wildman–Crippen MR) is 94.9 cm³/mol. The maximum atomic E-state index is 13.3. The molecule has 0 spiro atoms. The molecule has 0 radical (unpaired) electrons. The van der Waals surface area contributed by atoms with Crippen LogP contribution in [0.25, 0.3) is 0 Å². The number of carbonyl (C=O) groups excluding carboxylic acids is 1. The van der Waals surface area contributed by atoms with E-state index < -0.39 is 23.9 Å². The molecule has 0 saturated heterocycles. The minimum Gasteiger partial charge on any atom is -0.341 e. The standard InChI is InChI=1S/C18H19F4N3OS/c1-10-14(11(2)24-17(23-10)27-3)8-9-15(26)25-16(18(20,21)22)12-4-6-13(19)7-5-12/h4-7,16H,8-9H2,1-3H3,(H,25,26). The van der Waals surface area contributed by atoms with E-state index in [1.807, 2.05) is 11.6 Å². The third-order valence-electron chi connectivity index (χ3n) is 4.02. The molecule has 2 rings (SSSR count). The highest BCUT2D eigenvalue weighted by Crippen LogP contribution is 2.32. The Morgan fingerprint density at radius 1 is 1.15 bits per heavy atom. The van der Waals surface area contributed by atoms with Crippen LogP contribution in [0.2, 0.25) is 0 Å². The molecule has 0 aliphatic rings. The highest BCUT2D eigenvalue weighted by atomic mass is 32.2. The van der Waals surface area contributed by atoms with E-state index in [2.05, 4.69) is 9.97 Å². The van der Waals surface area contributed by atoms with Crippen molar-refractivity contribution in [2.24, 2.45) is 0 Å². The molecule has 1 aromatic heterocycles. The zero-order valence-electron chi connectivity index (χ0n) is 15.0. The lowest BCUT2D eigenvalue weighted by Gasteiger charge is -2.22. The molecule has 0 saturated carbocycles. The van der Waals surface area contributed by atoms with Crippen LogP contribution < -0.4 is 5.32 Å². The van der Waals surface area contributed by atoms with Crippen molar-refractivity contribution in [2.75, 3.05) is 6.26 Å². The third kappa shape index (κ3) is 5.66. The zero-order chi connectivity index (χ0) is 20.2. The first-order valence-corrected chi connectivity index (χ1v) is 9.34. The van der Waals surface area contributed by atoms with E-state index in [-0.39, 0.29) is 18.4 Å². The Balaban J connectivity index is 2.10. The van der Waals surface area contributed by atoms with Crippen LogP contribution in [0.1, 0.15) is 35.0 Å². The fraction of sp³-hybridized carbons (Fsp3) is 0.389. The first-order chi connectivity index (χ1) is 12.6. The number of nitrogens with one attached hydrogen (secondary N) is 1. The van der Waals surface area contributed by atoms with Crippen molar-refractivity contribution in [2.45, 2.75) is 44.1 Å². The molecule has 9 heteroatoms. The number of aryl methyl sites for hydroxylation is 2. The summed E-state index contributed by atoms with van der Waals surface area (Å²) in [6.45, 7) is 3.55. The number of hydrogen-bond acceptors (Lipinski definition) is 4. The molecular weight excluding hydrogens is 382 g/mol. The molecule has 4 nitrogen and oxygen atoms in total. The predicted octanol–water partition coefficient (Wildman–Crippen LogP) is 4.31. The van der Waals surface area contributed by atoms with Crippen molar-refractivity contribution in [3.8, 4) is 0 Å². The number of thioether (sulfide) groups is 1. The normalized spacial score (nSPS) is 12.7. The molecule has 1 N–H and O–H groups in total. The van der Waals surface area contributed by atoms with Gasteiger partial charge in [-0.05, 0) is 49.8 Å². The van der Waals surface area contributed by atoms with Gasteiger partial charge < -0.3 is 5.32 Å². The van der Waals surface area contributed by atoms with Gasteiger partial charge in [0.2, 0.25) is 5.91 Å². The molecule has 1 aromatic carbocycles. The van der Waals surface area contributed by atoms with E-state index in [1.54, 1.807) is 13.8 Å². The number of halogens is 4. The van der Waals surface area contributed by atoms with Gasteiger partial charge >= 0.3 is 6.18 Å². The fourth-order valence-corrected chi connectivity index (χ4v) is 3.10. The molecule has 0 bridgehead atoms. The van der Waals surface area contributed by atoms with Gasteiger partial charge in [-0.3, -0.25) is 4.79 Å². The van der Waals surface area contributed by atoms with Gasteiger partial charge in [0.05, 0.1) is 0 Å². The van der Waals surface area contributed by atoms with Crippen LogP contribution in [0.4, 0.5) is 17.6 Å². The molecule has 0 aliphatic carbocycles. The van der Waals surface area contributed by atoms with E-state index in [4.69, 9.17) is 0 Å². The molecule has 1 atom stereocenters. The van der Waals surface area contributed by atoms with Crippen molar-refractivity contribution in [3.05, 3.63) is 52.6 Å². The maximum absolute atomic E-state index is 13.3. The fourth-order valence-electron chi connectivity index (χ4n) is 2.64. The van der Waals surface area contributed by atoms with Crippen LogP contribution in [0.3, 0.4) is 0 Å². The zero-order valence-corrected chi connectivity index (χ0v) is 15.8. The molecule has 0 aliphatic heterocycles. The lowest BCUT2D eigenvalue weighted by molar-refractivity contribution is -0.163. The first-order valence-electron chi connectivity index (χ1n) is 8.11. The average Bonchev–Trinajstić information content (AvgIpc) is 2.58. The second-order valence-electron chi connectivity index (χ2n) is 5.95. The minimum absolute atomic E-state index is 0.141. The minimum atomic E-state index is -4.69. The summed E-state index contributed by atoms with van der Waals surface area (Å²) < 4.78 is 52.9. The van der Waals surface area contributed by atoms with Gasteiger partial charge in [-0.2, -0.15) is 13.2 Å². The number of hydrogen-bond donors (Lipinski definition) is 1. The molecular formula is C18H19F4N3OS. The smallest absolute Gasteiger partial charge is 0.341 e. The lowest BCUT2D eigenvalue weighted by Crippen LogP contribution is -2.38. The summed E-state index contributed by atoms with van der Waals surface area (Å²) in [7, 11) is 0. The van der Waals surface area contributed by atoms with Crippen molar-refractivity contribution in [1.29, 1.82) is 0 Å². The summed E-state index contributed by atoms with van der Waals surface area (Å²) in [6.07, 6.45) is -2.76. The largest absolute Gasteiger partial charge is 0.412 e. The Morgan fingerprint density at radius 2 is 1.70 bits per heavy atom. The van der Waals surface area contributed by atoms with Crippen LogP contribution >= 0.6 is 11.8 Å². The van der Waals surface area contributed by atoms with Gasteiger partial charge in [-0.1, -0.05) is 23.9 Å². The SMILES string of the molecule is CSc1nc(C)c(CCC(=O)NC(c2ccc(F)cc2)C(F)(F)F)c(C)n1. The number of benzene rings is 1. The van der Waals surface area contributed by atoms with Gasteiger partial charge in [0.15, 0.2) is 11.2 Å². The van der Waals surface area contributed by atoms with Crippen molar-refractivity contribution in [1.82, 2.24) is 15.3 Å². The van der Waals surface area contributed by atoms with Crippen LogP contribution in [0, 0.1) is 19.7 Å². The Labute approximate surface area is 158 Å². The Hall–Kier alpha value is -2.16. The lowest BCUT2D eigenvalue weighted by atomic mass is 10.0. The van der Waals surface area contributed by atoms with Crippen molar-refractivity contribution in [3.63, 3.8) is 0 Å². The molecule has 1 unspecified atom stereocenters. The quantitative estimate of drug-likeness (QED) is 0.445. The average molecular weight is 401 g/mol. The number of carbonyl (C=O) groups is 1. The number of alkyl halides is 3. The number of nitrogens with zero attached hydrogens (tertiary/aromatic N) is 2. The second-order valence-corrected chi connectivity index (χ2v) is 6.73. The van der Waals surface area contributed by atoms with Crippen LogP contribution in [-0.2, 0) is 11.2 Å². The summed E-state index contributed by atoms with van der Waals surface area (Å²) in [5.74, 6) is -1.40. The van der Waals surface area contributed by atoms with E-state index in [0.717, 1.165) is 29.8 Å². The Morgan fingerprint density at radius 3 is 2.19 bits per heavy atom. The Kier molecular flexibility index (Phi) is 6.80. The Bertz CT molecular complexity index is 786. The highest BCUT2D eigenvalue weighted by Gasteiger charge is 2.41. The summed E-state index contributed by atoms with van der Waals surface area (Å²) in [6, 6.07) is 1.69. The monoisotopic (exact) mass is 401 g/mol. The molecule has 2 aromatic rings. The van der Waals surface area contributed by atoms with Crippen molar-refractivity contribution < 1.29 is 22.4 Å². The summed E-state index contributed by atoms with van der Waals surface area (Å²) >= 11 is 1.39. The van der Waals surface area contributed by atoms with Crippen LogP contribution in [0.5, 0.6) is 0 Å². The number of aromatic nitrogens is 2. The topological polar surface area (TPSA) is 54.9 Å². The van der Waals surface area contributed by atoms with Gasteiger partial charge in [0, 0.05) is 17.8 Å². The van der Waals surface area contributed by atoms with Gasteiger partial charge in [0.25, 0.3) is 0 Å². The van der Waals surface area contributed by atoms with E-state index in [1.165, 1.54) is 11.8 Å². The molecule has 27 heavy (non-hydrogen) atoms. The second kappa shape index (κ2) is 8.69. The summed E-state index contributed by atoms with van der Waals surface area (Å²) in [5.41, 5.74) is 1.92.